The number of hydrogen-bond donors (Lipinski definition) is 1. The molecule has 0 radical (unpaired) electrons. The molecule has 1 saturated heterocycles. The van der Waals surface area contributed by atoms with Crippen LogP contribution in [0.3, 0.4) is 0 Å². The Morgan fingerprint density at radius 3 is 2.50 bits per heavy atom. The van der Waals surface area contributed by atoms with Gasteiger partial charge in [0.15, 0.2) is 0 Å². The first-order valence-electron chi connectivity index (χ1n) is 7.09. The van der Waals surface area contributed by atoms with Crippen LogP contribution in [0.25, 0.3) is 0 Å². The second-order valence-electron chi connectivity index (χ2n) is 5.12. The van der Waals surface area contributed by atoms with Gasteiger partial charge in [0.25, 0.3) is 0 Å². The van der Waals surface area contributed by atoms with E-state index in [-0.39, 0.29) is 17.5 Å². The van der Waals surface area contributed by atoms with Gasteiger partial charge in [0.1, 0.15) is 11.9 Å². The third-order valence-electron chi connectivity index (χ3n) is 3.68. The van der Waals surface area contributed by atoms with Gasteiger partial charge in [0.2, 0.25) is 11.8 Å². The van der Waals surface area contributed by atoms with Crippen molar-refractivity contribution in [1.82, 2.24) is 0 Å². The van der Waals surface area contributed by atoms with E-state index in [1.54, 1.807) is 24.3 Å². The number of nitrogens with zero attached hydrogens (tertiary/aromatic N) is 1. The van der Waals surface area contributed by atoms with Gasteiger partial charge in [-0.1, -0.05) is 30.3 Å². The molecule has 2 amide bonds. The quantitative estimate of drug-likeness (QED) is 0.947. The van der Waals surface area contributed by atoms with Crippen LogP contribution in [0.1, 0.15) is 12.8 Å². The molecule has 0 saturated carbocycles. The molecule has 1 fully saturated rings. The van der Waals surface area contributed by atoms with Crippen molar-refractivity contribution in [3.63, 3.8) is 0 Å². The lowest BCUT2D eigenvalue weighted by atomic mass is 10.2. The highest BCUT2D eigenvalue weighted by atomic mass is 19.1. The molecular weight excluding hydrogens is 283 g/mol. The molecule has 1 aliphatic heterocycles. The van der Waals surface area contributed by atoms with Crippen molar-refractivity contribution in [3.8, 4) is 0 Å². The van der Waals surface area contributed by atoms with Gasteiger partial charge in [-0.3, -0.25) is 14.5 Å². The molecule has 0 aromatic heterocycles. The highest BCUT2D eigenvalue weighted by Gasteiger charge is 2.37. The van der Waals surface area contributed by atoms with E-state index in [1.807, 2.05) is 18.2 Å². The SMILES string of the molecule is O=C(Nc1ccccc1F)C1CCC(=O)N1c1ccccc1. The zero-order valence-electron chi connectivity index (χ0n) is 11.8. The predicted octanol–water partition coefficient (Wildman–Crippen LogP) is 2.96. The first-order valence-corrected chi connectivity index (χ1v) is 7.09. The van der Waals surface area contributed by atoms with Gasteiger partial charge in [0, 0.05) is 12.1 Å². The largest absolute Gasteiger partial charge is 0.322 e. The summed E-state index contributed by atoms with van der Waals surface area (Å²) in [5.74, 6) is -0.967. The second-order valence-corrected chi connectivity index (χ2v) is 5.12. The maximum absolute atomic E-state index is 13.6. The van der Waals surface area contributed by atoms with Crippen LogP contribution in [0, 0.1) is 5.82 Å². The number of anilines is 2. The van der Waals surface area contributed by atoms with E-state index in [0.717, 1.165) is 0 Å². The summed E-state index contributed by atoms with van der Waals surface area (Å²) in [4.78, 5) is 26.0. The Kier molecular flexibility index (Phi) is 3.87. The molecule has 1 heterocycles. The topological polar surface area (TPSA) is 49.4 Å². The van der Waals surface area contributed by atoms with E-state index in [4.69, 9.17) is 0 Å². The van der Waals surface area contributed by atoms with Gasteiger partial charge < -0.3 is 5.32 Å². The lowest BCUT2D eigenvalue weighted by Crippen LogP contribution is -2.41. The average molecular weight is 298 g/mol. The minimum absolute atomic E-state index is 0.0973. The Bertz CT molecular complexity index is 703. The Morgan fingerprint density at radius 2 is 1.77 bits per heavy atom. The van der Waals surface area contributed by atoms with Crippen molar-refractivity contribution in [2.45, 2.75) is 18.9 Å². The van der Waals surface area contributed by atoms with Crippen LogP contribution in [0.15, 0.2) is 54.6 Å². The number of para-hydroxylation sites is 2. The van der Waals surface area contributed by atoms with E-state index >= 15 is 0 Å². The van der Waals surface area contributed by atoms with Crippen LogP contribution in [0.4, 0.5) is 15.8 Å². The Hall–Kier alpha value is -2.69. The molecule has 22 heavy (non-hydrogen) atoms. The summed E-state index contributed by atoms with van der Waals surface area (Å²) in [6, 6.07) is 14.4. The number of amides is 2. The molecule has 1 atom stereocenters. The standard InChI is InChI=1S/C17H15FN2O2/c18-13-8-4-5-9-14(13)19-17(22)15-10-11-16(21)20(15)12-6-2-1-3-7-12/h1-9,15H,10-11H2,(H,19,22). The van der Waals surface area contributed by atoms with Crippen molar-refractivity contribution in [2.24, 2.45) is 0 Å². The minimum atomic E-state index is -0.616. The molecule has 0 spiro atoms. The molecule has 1 unspecified atom stereocenters. The summed E-state index contributed by atoms with van der Waals surface area (Å²) in [5, 5.41) is 2.56. The molecule has 4 nitrogen and oxygen atoms in total. The van der Waals surface area contributed by atoms with Gasteiger partial charge in [-0.25, -0.2) is 4.39 Å². The Labute approximate surface area is 127 Å². The van der Waals surface area contributed by atoms with Crippen molar-refractivity contribution in [3.05, 3.63) is 60.4 Å². The summed E-state index contributed by atoms with van der Waals surface area (Å²) in [5.41, 5.74) is 0.804. The van der Waals surface area contributed by atoms with E-state index in [1.165, 1.54) is 17.0 Å². The monoisotopic (exact) mass is 298 g/mol. The van der Waals surface area contributed by atoms with Gasteiger partial charge in [-0.05, 0) is 30.7 Å². The second kappa shape index (κ2) is 5.97. The van der Waals surface area contributed by atoms with Crippen molar-refractivity contribution in [2.75, 3.05) is 10.2 Å². The van der Waals surface area contributed by atoms with Crippen LogP contribution in [-0.2, 0) is 9.59 Å². The van der Waals surface area contributed by atoms with E-state index in [9.17, 15) is 14.0 Å². The summed E-state index contributed by atoms with van der Waals surface area (Å²) in [6.45, 7) is 0. The summed E-state index contributed by atoms with van der Waals surface area (Å²) in [6.07, 6.45) is 0.734. The zero-order valence-corrected chi connectivity index (χ0v) is 11.8. The number of halogens is 1. The lowest BCUT2D eigenvalue weighted by Gasteiger charge is -2.24. The van der Waals surface area contributed by atoms with E-state index in [2.05, 4.69) is 5.32 Å². The van der Waals surface area contributed by atoms with Crippen LogP contribution < -0.4 is 10.2 Å². The normalized spacial score (nSPS) is 17.6. The van der Waals surface area contributed by atoms with E-state index in [0.29, 0.717) is 18.5 Å². The summed E-state index contributed by atoms with van der Waals surface area (Å²) in [7, 11) is 0. The number of benzene rings is 2. The zero-order chi connectivity index (χ0) is 15.5. The molecule has 0 bridgehead atoms. The average Bonchev–Trinajstić information content (AvgIpc) is 2.92. The fraction of sp³-hybridized carbons (Fsp3) is 0.176. The van der Waals surface area contributed by atoms with Gasteiger partial charge >= 0.3 is 0 Å². The van der Waals surface area contributed by atoms with Crippen LogP contribution >= 0.6 is 0 Å². The maximum Gasteiger partial charge on any atom is 0.247 e. The highest BCUT2D eigenvalue weighted by molar-refractivity contribution is 6.07. The number of nitrogens with one attached hydrogen (secondary N) is 1. The maximum atomic E-state index is 13.6. The van der Waals surface area contributed by atoms with Gasteiger partial charge in [-0.15, -0.1) is 0 Å². The first-order chi connectivity index (χ1) is 10.7. The van der Waals surface area contributed by atoms with Crippen LogP contribution in [0.5, 0.6) is 0 Å². The van der Waals surface area contributed by atoms with Crippen LogP contribution in [0.2, 0.25) is 0 Å². The third kappa shape index (κ3) is 2.70. The number of hydrogen-bond acceptors (Lipinski definition) is 2. The first kappa shape index (κ1) is 14.3. The minimum Gasteiger partial charge on any atom is -0.322 e. The molecular formula is C17H15FN2O2. The Morgan fingerprint density at radius 1 is 1.09 bits per heavy atom. The highest BCUT2D eigenvalue weighted by Crippen LogP contribution is 2.27. The fourth-order valence-electron chi connectivity index (χ4n) is 2.62. The van der Waals surface area contributed by atoms with Crippen molar-refractivity contribution < 1.29 is 14.0 Å². The lowest BCUT2D eigenvalue weighted by molar-refractivity contribution is -0.120. The smallest absolute Gasteiger partial charge is 0.247 e. The molecule has 5 heteroatoms. The molecule has 3 rings (SSSR count). The van der Waals surface area contributed by atoms with Crippen molar-refractivity contribution in [1.29, 1.82) is 0 Å². The summed E-state index contributed by atoms with van der Waals surface area (Å²) >= 11 is 0. The van der Waals surface area contributed by atoms with Crippen LogP contribution in [-0.4, -0.2) is 17.9 Å². The number of carbonyl (C=O) groups excluding carboxylic acids is 2. The molecule has 1 N–H and O–H groups in total. The third-order valence-corrected chi connectivity index (χ3v) is 3.68. The molecule has 2 aromatic carbocycles. The fourth-order valence-corrected chi connectivity index (χ4v) is 2.62. The van der Waals surface area contributed by atoms with Crippen molar-refractivity contribution >= 4 is 23.2 Å². The number of carbonyl (C=O) groups is 2. The molecule has 0 aliphatic carbocycles. The predicted molar refractivity (Wildman–Crippen MR) is 82.0 cm³/mol. The molecule has 112 valence electrons. The van der Waals surface area contributed by atoms with E-state index < -0.39 is 11.9 Å². The molecule has 1 aliphatic rings. The molecule has 2 aromatic rings. The summed E-state index contributed by atoms with van der Waals surface area (Å²) < 4.78 is 13.6. The van der Waals surface area contributed by atoms with Gasteiger partial charge in [0.05, 0.1) is 5.69 Å². The number of rotatable bonds is 3. The van der Waals surface area contributed by atoms with Gasteiger partial charge in [-0.2, -0.15) is 0 Å². The Balaban J connectivity index is 1.82.